The van der Waals surface area contributed by atoms with Crippen molar-refractivity contribution in [1.29, 1.82) is 0 Å². The molecule has 0 atom stereocenters. The molecule has 1 N–H and O–H groups in total. The Morgan fingerprint density at radius 2 is 1.62 bits per heavy atom. The first kappa shape index (κ1) is 20.8. The quantitative estimate of drug-likeness (QED) is 0.645. The predicted octanol–water partition coefficient (Wildman–Crippen LogP) is 2.91. The van der Waals surface area contributed by atoms with E-state index >= 15 is 0 Å². The minimum Gasteiger partial charge on any atom is -0.350 e. The Morgan fingerprint density at radius 3 is 2.31 bits per heavy atom. The van der Waals surface area contributed by atoms with Gasteiger partial charge in [0.05, 0.1) is 5.69 Å². The van der Waals surface area contributed by atoms with E-state index in [1.54, 1.807) is 0 Å². The molecule has 0 saturated carbocycles. The van der Waals surface area contributed by atoms with Gasteiger partial charge in [-0.05, 0) is 40.6 Å². The number of halogens is 1. The van der Waals surface area contributed by atoms with Gasteiger partial charge in [-0.15, -0.1) is 0 Å². The molecule has 0 heterocycles. The van der Waals surface area contributed by atoms with Gasteiger partial charge in [0.1, 0.15) is 12.4 Å². The summed E-state index contributed by atoms with van der Waals surface area (Å²) >= 11 is 0. The second-order valence-electron chi connectivity index (χ2n) is 6.69. The molecule has 0 aliphatic heterocycles. The van der Waals surface area contributed by atoms with Gasteiger partial charge in [0.2, 0.25) is 5.91 Å². The Hall–Kier alpha value is -2.97. The number of carbonyl (C=O) groups excluding carboxylic acids is 1. The average molecular weight is 415 g/mol. The first-order valence-corrected chi connectivity index (χ1v) is 10.4. The summed E-state index contributed by atoms with van der Waals surface area (Å²) in [6.07, 6.45) is 0. The molecule has 0 fully saturated rings. The van der Waals surface area contributed by atoms with Crippen molar-refractivity contribution in [3.63, 3.8) is 0 Å². The lowest BCUT2D eigenvalue weighted by Gasteiger charge is -2.27. The van der Waals surface area contributed by atoms with E-state index < -0.39 is 28.5 Å². The first-order chi connectivity index (χ1) is 13.8. The van der Waals surface area contributed by atoms with Crippen LogP contribution in [0.2, 0.25) is 0 Å². The van der Waals surface area contributed by atoms with E-state index in [0.717, 1.165) is 37.1 Å². The lowest BCUT2D eigenvalue weighted by Crippen LogP contribution is -2.45. The third-order valence-corrected chi connectivity index (χ3v) is 6.32. The standard InChI is InChI=1S/C21H22FN3O3S/c1-24(2)29(27,28)25(19-12-10-18(22)11-13-19)15-21(26)23-14-17-8-5-7-16-6-3-4-9-20(16)17/h3-13H,14-15H2,1-2H3,(H,23,26). The van der Waals surface area contributed by atoms with Crippen molar-refractivity contribution in [3.8, 4) is 0 Å². The van der Waals surface area contributed by atoms with Crippen molar-refractivity contribution >= 4 is 32.6 Å². The van der Waals surface area contributed by atoms with Crippen molar-refractivity contribution < 1.29 is 17.6 Å². The predicted molar refractivity (Wildman–Crippen MR) is 112 cm³/mol. The van der Waals surface area contributed by atoms with Crippen molar-refractivity contribution in [2.75, 3.05) is 24.9 Å². The second-order valence-corrected chi connectivity index (χ2v) is 8.75. The van der Waals surface area contributed by atoms with E-state index in [2.05, 4.69) is 5.32 Å². The summed E-state index contributed by atoms with van der Waals surface area (Å²) in [6.45, 7) is -0.156. The molecule has 1 amide bonds. The van der Waals surface area contributed by atoms with Gasteiger partial charge in [-0.2, -0.15) is 12.7 Å². The highest BCUT2D eigenvalue weighted by Crippen LogP contribution is 2.20. The summed E-state index contributed by atoms with van der Waals surface area (Å²) in [4.78, 5) is 12.6. The van der Waals surface area contributed by atoms with Gasteiger partial charge in [-0.1, -0.05) is 42.5 Å². The zero-order valence-electron chi connectivity index (χ0n) is 16.2. The Bertz CT molecular complexity index is 1110. The van der Waals surface area contributed by atoms with Crippen LogP contribution in [0.15, 0.2) is 66.7 Å². The molecule has 0 spiro atoms. The molecule has 3 aromatic rings. The van der Waals surface area contributed by atoms with Crippen molar-refractivity contribution in [2.24, 2.45) is 0 Å². The number of hydrogen-bond acceptors (Lipinski definition) is 3. The number of anilines is 1. The molecule has 3 aromatic carbocycles. The fourth-order valence-electron chi connectivity index (χ4n) is 2.94. The van der Waals surface area contributed by atoms with Gasteiger partial charge >= 0.3 is 10.2 Å². The van der Waals surface area contributed by atoms with E-state index in [1.165, 1.54) is 26.2 Å². The maximum Gasteiger partial charge on any atom is 0.304 e. The van der Waals surface area contributed by atoms with E-state index in [-0.39, 0.29) is 12.2 Å². The third kappa shape index (κ3) is 4.72. The molecule has 152 valence electrons. The van der Waals surface area contributed by atoms with Crippen LogP contribution in [0.4, 0.5) is 10.1 Å². The number of amides is 1. The smallest absolute Gasteiger partial charge is 0.304 e. The van der Waals surface area contributed by atoms with E-state index in [9.17, 15) is 17.6 Å². The molecular formula is C21H22FN3O3S. The third-order valence-electron chi connectivity index (χ3n) is 4.50. The summed E-state index contributed by atoms with van der Waals surface area (Å²) in [7, 11) is -1.18. The number of nitrogens with one attached hydrogen (secondary N) is 1. The summed E-state index contributed by atoms with van der Waals surface area (Å²) in [5.74, 6) is -0.955. The van der Waals surface area contributed by atoms with Gasteiger partial charge in [0.25, 0.3) is 0 Å². The van der Waals surface area contributed by atoms with Crippen LogP contribution in [0.5, 0.6) is 0 Å². The fourth-order valence-corrected chi connectivity index (χ4v) is 4.00. The van der Waals surface area contributed by atoms with Gasteiger partial charge in [0.15, 0.2) is 0 Å². The topological polar surface area (TPSA) is 69.7 Å². The molecule has 3 rings (SSSR count). The molecule has 0 saturated heterocycles. The van der Waals surface area contributed by atoms with Crippen LogP contribution in [0.1, 0.15) is 5.56 Å². The van der Waals surface area contributed by atoms with Crippen molar-refractivity contribution in [3.05, 3.63) is 78.1 Å². The minimum absolute atomic E-state index is 0.209. The van der Waals surface area contributed by atoms with E-state index in [1.807, 2.05) is 42.5 Å². The molecule has 29 heavy (non-hydrogen) atoms. The van der Waals surface area contributed by atoms with Gasteiger partial charge < -0.3 is 5.32 Å². The lowest BCUT2D eigenvalue weighted by molar-refractivity contribution is -0.119. The highest BCUT2D eigenvalue weighted by molar-refractivity contribution is 7.90. The van der Waals surface area contributed by atoms with Crippen molar-refractivity contribution in [1.82, 2.24) is 9.62 Å². The summed E-state index contributed by atoms with van der Waals surface area (Å²) in [5.41, 5.74) is 1.14. The number of carbonyl (C=O) groups is 1. The average Bonchev–Trinajstić information content (AvgIpc) is 2.71. The molecule has 8 heteroatoms. The molecule has 0 bridgehead atoms. The fraction of sp³-hybridized carbons (Fsp3) is 0.190. The van der Waals surface area contributed by atoms with Crippen molar-refractivity contribution in [2.45, 2.75) is 6.54 Å². The number of rotatable bonds is 7. The van der Waals surface area contributed by atoms with Crippen LogP contribution >= 0.6 is 0 Å². The van der Waals surface area contributed by atoms with Gasteiger partial charge in [0, 0.05) is 20.6 Å². The molecule has 6 nitrogen and oxygen atoms in total. The molecule has 0 aliphatic rings. The molecule has 0 aliphatic carbocycles. The monoisotopic (exact) mass is 415 g/mol. The highest BCUT2D eigenvalue weighted by Gasteiger charge is 2.27. The maximum atomic E-state index is 13.2. The Labute approximate surface area is 169 Å². The number of hydrogen-bond donors (Lipinski definition) is 1. The second kappa shape index (κ2) is 8.59. The molecule has 0 radical (unpaired) electrons. The number of fused-ring (bicyclic) bond motifs is 1. The summed E-state index contributed by atoms with van der Waals surface area (Å²) < 4.78 is 40.6. The molecule has 0 unspecified atom stereocenters. The van der Waals surface area contributed by atoms with Gasteiger partial charge in [-0.3, -0.25) is 4.79 Å². The summed E-state index contributed by atoms with van der Waals surface area (Å²) in [5, 5.41) is 4.85. The molecule has 0 aromatic heterocycles. The zero-order valence-corrected chi connectivity index (χ0v) is 17.0. The SMILES string of the molecule is CN(C)S(=O)(=O)N(CC(=O)NCc1cccc2ccccc12)c1ccc(F)cc1. The minimum atomic E-state index is -3.93. The van der Waals surface area contributed by atoms with E-state index in [4.69, 9.17) is 0 Å². The Morgan fingerprint density at radius 1 is 0.966 bits per heavy atom. The summed E-state index contributed by atoms with van der Waals surface area (Å²) in [6, 6.07) is 18.6. The zero-order chi connectivity index (χ0) is 21.0. The van der Waals surface area contributed by atoms with Crippen LogP contribution in [-0.4, -0.2) is 39.3 Å². The van der Waals surface area contributed by atoms with E-state index in [0.29, 0.717) is 0 Å². The largest absolute Gasteiger partial charge is 0.350 e. The van der Waals surface area contributed by atoms with Gasteiger partial charge in [-0.25, -0.2) is 8.70 Å². The van der Waals surface area contributed by atoms with Crippen LogP contribution in [-0.2, 0) is 21.5 Å². The highest BCUT2D eigenvalue weighted by atomic mass is 32.2. The Balaban J connectivity index is 1.79. The van der Waals surface area contributed by atoms with Crippen LogP contribution in [0.25, 0.3) is 10.8 Å². The molecular weight excluding hydrogens is 393 g/mol. The van der Waals surface area contributed by atoms with Crippen LogP contribution < -0.4 is 9.62 Å². The first-order valence-electron chi connectivity index (χ1n) is 8.98. The Kier molecular flexibility index (Phi) is 6.14. The number of nitrogens with zero attached hydrogens (tertiary/aromatic N) is 2. The number of benzene rings is 3. The lowest BCUT2D eigenvalue weighted by atomic mass is 10.0. The van der Waals surface area contributed by atoms with Crippen LogP contribution in [0, 0.1) is 5.82 Å². The van der Waals surface area contributed by atoms with Crippen LogP contribution in [0.3, 0.4) is 0 Å². The maximum absolute atomic E-state index is 13.2. The normalized spacial score (nSPS) is 11.6.